The summed E-state index contributed by atoms with van der Waals surface area (Å²) in [6.45, 7) is 11.8. The molecular formula is C13H24N4. The van der Waals surface area contributed by atoms with Crippen molar-refractivity contribution in [3.8, 4) is 0 Å². The predicted octanol–water partition coefficient (Wildman–Crippen LogP) is 2.88. The molecular weight excluding hydrogens is 212 g/mol. The van der Waals surface area contributed by atoms with Crippen molar-refractivity contribution in [2.75, 3.05) is 23.8 Å². The van der Waals surface area contributed by atoms with Crippen LogP contribution in [-0.4, -0.2) is 29.6 Å². The van der Waals surface area contributed by atoms with Crippen LogP contribution in [0.25, 0.3) is 0 Å². The van der Waals surface area contributed by atoms with Gasteiger partial charge in [-0.05, 0) is 26.7 Å². The van der Waals surface area contributed by atoms with Crippen LogP contribution >= 0.6 is 0 Å². The van der Waals surface area contributed by atoms with Crippen LogP contribution < -0.4 is 10.2 Å². The Morgan fingerprint density at radius 3 is 2.29 bits per heavy atom. The number of rotatable bonds is 5. The van der Waals surface area contributed by atoms with E-state index < -0.39 is 0 Å². The van der Waals surface area contributed by atoms with Crippen LogP contribution in [0.15, 0.2) is 6.33 Å². The Bertz CT molecular complexity index is 360. The zero-order valence-corrected chi connectivity index (χ0v) is 11.8. The van der Waals surface area contributed by atoms with Crippen LogP contribution in [0.2, 0.25) is 0 Å². The highest BCUT2D eigenvalue weighted by atomic mass is 15.2. The van der Waals surface area contributed by atoms with Crippen LogP contribution in [0.4, 0.5) is 11.6 Å². The first-order chi connectivity index (χ1) is 8.02. The lowest BCUT2D eigenvalue weighted by Gasteiger charge is -2.29. The molecule has 1 aromatic rings. The number of anilines is 2. The van der Waals surface area contributed by atoms with E-state index in [1.54, 1.807) is 6.33 Å². The monoisotopic (exact) mass is 236 g/mol. The molecule has 0 aromatic carbocycles. The van der Waals surface area contributed by atoms with Crippen LogP contribution in [0.1, 0.15) is 46.1 Å². The van der Waals surface area contributed by atoms with Gasteiger partial charge >= 0.3 is 0 Å². The molecule has 4 heteroatoms. The summed E-state index contributed by atoms with van der Waals surface area (Å²) in [5.74, 6) is 2.39. The van der Waals surface area contributed by atoms with Gasteiger partial charge in [-0.15, -0.1) is 0 Å². The summed E-state index contributed by atoms with van der Waals surface area (Å²) in [4.78, 5) is 11.1. The van der Waals surface area contributed by atoms with Crippen LogP contribution in [0.5, 0.6) is 0 Å². The predicted molar refractivity (Wildman–Crippen MR) is 73.8 cm³/mol. The van der Waals surface area contributed by atoms with Crippen molar-refractivity contribution in [2.45, 2.75) is 46.6 Å². The molecule has 0 saturated heterocycles. The molecule has 0 aliphatic carbocycles. The summed E-state index contributed by atoms with van der Waals surface area (Å²) in [5, 5.41) is 3.16. The minimum absolute atomic E-state index is 0.404. The van der Waals surface area contributed by atoms with Crippen molar-refractivity contribution in [1.82, 2.24) is 9.97 Å². The fourth-order valence-electron chi connectivity index (χ4n) is 2.11. The minimum atomic E-state index is 0.404. The number of hydrogen-bond donors (Lipinski definition) is 1. The van der Waals surface area contributed by atoms with E-state index in [0.29, 0.717) is 12.0 Å². The van der Waals surface area contributed by atoms with E-state index >= 15 is 0 Å². The van der Waals surface area contributed by atoms with Gasteiger partial charge in [-0.3, -0.25) is 0 Å². The highest BCUT2D eigenvalue weighted by Crippen LogP contribution is 2.31. The summed E-state index contributed by atoms with van der Waals surface area (Å²) < 4.78 is 0. The normalized spacial score (nSPS) is 11.1. The Morgan fingerprint density at radius 1 is 1.24 bits per heavy atom. The smallest absolute Gasteiger partial charge is 0.137 e. The average Bonchev–Trinajstić information content (AvgIpc) is 2.28. The Morgan fingerprint density at radius 2 is 1.88 bits per heavy atom. The van der Waals surface area contributed by atoms with Crippen LogP contribution in [0.3, 0.4) is 0 Å². The van der Waals surface area contributed by atoms with Gasteiger partial charge < -0.3 is 10.2 Å². The summed E-state index contributed by atoms with van der Waals surface area (Å²) in [6, 6.07) is 0.442. The molecule has 1 aromatic heterocycles. The molecule has 96 valence electrons. The maximum absolute atomic E-state index is 4.48. The standard InChI is InChI=1S/C13H24N4/c1-7-17(10(4)5)13-11(9(2)3)12(14-6)15-8-16-13/h8-10H,7H2,1-6H3,(H,14,15,16). The number of nitrogens with zero attached hydrogens (tertiary/aromatic N) is 3. The molecule has 0 unspecified atom stereocenters. The molecule has 0 amide bonds. The molecule has 0 atom stereocenters. The lowest BCUT2D eigenvalue weighted by atomic mass is 10.0. The maximum atomic E-state index is 4.48. The fourth-order valence-corrected chi connectivity index (χ4v) is 2.11. The van der Waals surface area contributed by atoms with Gasteiger partial charge in [-0.2, -0.15) is 0 Å². The first kappa shape index (κ1) is 13.7. The lowest BCUT2D eigenvalue weighted by Crippen LogP contribution is -2.32. The van der Waals surface area contributed by atoms with E-state index in [9.17, 15) is 0 Å². The van der Waals surface area contributed by atoms with Gasteiger partial charge in [0.15, 0.2) is 0 Å². The third-order valence-corrected chi connectivity index (χ3v) is 2.91. The zero-order chi connectivity index (χ0) is 13.0. The summed E-state index contributed by atoms with van der Waals surface area (Å²) in [7, 11) is 1.91. The molecule has 0 saturated carbocycles. The molecule has 1 heterocycles. The number of nitrogens with one attached hydrogen (secondary N) is 1. The van der Waals surface area contributed by atoms with Gasteiger partial charge in [0, 0.05) is 25.2 Å². The quantitative estimate of drug-likeness (QED) is 0.853. The number of aromatic nitrogens is 2. The van der Waals surface area contributed by atoms with E-state index in [2.05, 4.69) is 54.8 Å². The van der Waals surface area contributed by atoms with E-state index in [0.717, 1.165) is 18.2 Å². The van der Waals surface area contributed by atoms with Crippen molar-refractivity contribution in [1.29, 1.82) is 0 Å². The van der Waals surface area contributed by atoms with Crippen molar-refractivity contribution < 1.29 is 0 Å². The second-order valence-corrected chi connectivity index (χ2v) is 4.74. The highest BCUT2D eigenvalue weighted by molar-refractivity contribution is 5.60. The second-order valence-electron chi connectivity index (χ2n) is 4.74. The van der Waals surface area contributed by atoms with Crippen molar-refractivity contribution in [2.24, 2.45) is 0 Å². The molecule has 0 spiro atoms. The maximum Gasteiger partial charge on any atom is 0.137 e. The molecule has 4 nitrogen and oxygen atoms in total. The van der Waals surface area contributed by atoms with E-state index in [1.165, 1.54) is 5.56 Å². The molecule has 0 radical (unpaired) electrons. The molecule has 1 N–H and O–H groups in total. The van der Waals surface area contributed by atoms with Crippen LogP contribution in [-0.2, 0) is 0 Å². The SMILES string of the molecule is CCN(c1ncnc(NC)c1C(C)C)C(C)C. The summed E-state index contributed by atoms with van der Waals surface area (Å²) in [6.07, 6.45) is 1.64. The average molecular weight is 236 g/mol. The molecule has 0 aliphatic heterocycles. The Hall–Kier alpha value is -1.32. The molecule has 0 aliphatic rings. The van der Waals surface area contributed by atoms with Crippen molar-refractivity contribution in [3.63, 3.8) is 0 Å². The largest absolute Gasteiger partial charge is 0.373 e. The van der Waals surface area contributed by atoms with E-state index in [-0.39, 0.29) is 0 Å². The first-order valence-corrected chi connectivity index (χ1v) is 6.32. The summed E-state index contributed by atoms with van der Waals surface area (Å²) in [5.41, 5.74) is 1.20. The topological polar surface area (TPSA) is 41.1 Å². The zero-order valence-electron chi connectivity index (χ0n) is 11.8. The van der Waals surface area contributed by atoms with Gasteiger partial charge in [-0.25, -0.2) is 9.97 Å². The second kappa shape index (κ2) is 5.84. The lowest BCUT2D eigenvalue weighted by molar-refractivity contribution is 0.680. The number of hydrogen-bond acceptors (Lipinski definition) is 4. The molecule has 1 rings (SSSR count). The van der Waals surface area contributed by atoms with Gasteiger partial charge in [0.05, 0.1) is 0 Å². The van der Waals surface area contributed by atoms with Crippen molar-refractivity contribution >= 4 is 11.6 Å². The van der Waals surface area contributed by atoms with Crippen molar-refractivity contribution in [3.05, 3.63) is 11.9 Å². The highest BCUT2D eigenvalue weighted by Gasteiger charge is 2.19. The van der Waals surface area contributed by atoms with Crippen LogP contribution in [0, 0.1) is 0 Å². The molecule has 17 heavy (non-hydrogen) atoms. The summed E-state index contributed by atoms with van der Waals surface area (Å²) >= 11 is 0. The fraction of sp³-hybridized carbons (Fsp3) is 0.692. The van der Waals surface area contributed by atoms with E-state index in [4.69, 9.17) is 0 Å². The minimum Gasteiger partial charge on any atom is -0.373 e. The van der Waals surface area contributed by atoms with Gasteiger partial charge in [0.2, 0.25) is 0 Å². The van der Waals surface area contributed by atoms with E-state index in [1.807, 2.05) is 7.05 Å². The van der Waals surface area contributed by atoms with Gasteiger partial charge in [-0.1, -0.05) is 13.8 Å². The molecule has 0 fully saturated rings. The third kappa shape index (κ3) is 2.87. The first-order valence-electron chi connectivity index (χ1n) is 6.32. The Labute approximate surface area is 104 Å². The Kier molecular flexibility index (Phi) is 4.73. The van der Waals surface area contributed by atoms with Gasteiger partial charge in [0.1, 0.15) is 18.0 Å². The Balaban J connectivity index is 3.31. The third-order valence-electron chi connectivity index (χ3n) is 2.91. The molecule has 0 bridgehead atoms. The van der Waals surface area contributed by atoms with Gasteiger partial charge in [0.25, 0.3) is 0 Å².